The van der Waals surface area contributed by atoms with Gasteiger partial charge in [-0.2, -0.15) is 13.2 Å². The lowest BCUT2D eigenvalue weighted by atomic mass is 10.00. The second-order valence-corrected chi connectivity index (χ2v) is 8.98. The molecule has 2 aliphatic heterocycles. The van der Waals surface area contributed by atoms with Gasteiger partial charge >= 0.3 is 6.18 Å². The van der Waals surface area contributed by atoms with Crippen LogP contribution in [0.25, 0.3) is 11.3 Å². The molecule has 5 rings (SSSR count). The van der Waals surface area contributed by atoms with Crippen LogP contribution in [0.5, 0.6) is 0 Å². The van der Waals surface area contributed by atoms with Gasteiger partial charge in [-0.25, -0.2) is 0 Å². The fourth-order valence-corrected chi connectivity index (χ4v) is 5.22. The summed E-state index contributed by atoms with van der Waals surface area (Å²) >= 11 is 0. The highest BCUT2D eigenvalue weighted by Gasteiger charge is 2.41. The van der Waals surface area contributed by atoms with E-state index in [1.165, 1.54) is 6.07 Å². The number of hydrogen-bond donors (Lipinski definition) is 1. The quantitative estimate of drug-likeness (QED) is 0.742. The molecule has 32 heavy (non-hydrogen) atoms. The molecule has 1 saturated carbocycles. The van der Waals surface area contributed by atoms with Crippen molar-refractivity contribution in [2.75, 3.05) is 38.1 Å². The summed E-state index contributed by atoms with van der Waals surface area (Å²) in [6.45, 7) is 1.46. The molecule has 1 aliphatic carbocycles. The predicted molar refractivity (Wildman–Crippen MR) is 114 cm³/mol. The smallest absolute Gasteiger partial charge is 0.381 e. The van der Waals surface area contributed by atoms with Crippen molar-refractivity contribution in [1.29, 1.82) is 0 Å². The number of hydrogen-bond acceptors (Lipinski definition) is 6. The van der Waals surface area contributed by atoms with Crippen LogP contribution in [0.1, 0.15) is 34.0 Å². The Bertz CT molecular complexity index is 987. The van der Waals surface area contributed by atoms with Crippen LogP contribution in [0, 0.1) is 17.8 Å². The van der Waals surface area contributed by atoms with Crippen LogP contribution in [0.2, 0.25) is 0 Å². The first kappa shape index (κ1) is 19.2. The van der Waals surface area contributed by atoms with E-state index in [0.29, 0.717) is 30.9 Å². The number of likely N-dealkylation sites (tertiary alicyclic amines) is 1. The Morgan fingerprint density at radius 1 is 1.09 bits per heavy atom. The number of pyridine rings is 1. The maximum atomic E-state index is 13.3. The highest BCUT2D eigenvalue weighted by molar-refractivity contribution is 5.63. The number of nitrogens with zero attached hydrogens (tertiary/aromatic N) is 4. The molecule has 2 aromatic rings. The first-order chi connectivity index (χ1) is 16.2. The van der Waals surface area contributed by atoms with Crippen LogP contribution in [0.15, 0.2) is 30.6 Å². The minimum atomic E-state index is -4.49. The van der Waals surface area contributed by atoms with E-state index >= 15 is 0 Å². The molecule has 0 amide bonds. The third-order valence-electron chi connectivity index (χ3n) is 6.76. The van der Waals surface area contributed by atoms with Crippen LogP contribution in [-0.4, -0.2) is 58.9 Å². The summed E-state index contributed by atoms with van der Waals surface area (Å²) in [4.78, 5) is 5.83. The molecule has 9 heteroatoms. The molecule has 0 bridgehead atoms. The number of alkyl halides is 3. The van der Waals surface area contributed by atoms with Crippen molar-refractivity contribution in [2.24, 2.45) is 17.8 Å². The number of fused-ring (bicyclic) bond motifs is 1. The van der Waals surface area contributed by atoms with Gasteiger partial charge in [0.25, 0.3) is 0 Å². The Labute approximate surface area is 188 Å². The van der Waals surface area contributed by atoms with Crippen molar-refractivity contribution in [2.45, 2.75) is 37.9 Å². The molecule has 0 spiro atoms. The largest absolute Gasteiger partial charge is 0.417 e. The van der Waals surface area contributed by atoms with Crippen LogP contribution in [0.4, 0.5) is 19.0 Å². The third-order valence-corrected chi connectivity index (χ3v) is 6.76. The SMILES string of the molecule is [2H]C([2H])(C1CCOCC1)N1CC2CC(Nc3ccc(-c4cnccc4C(F)(F)F)nn3)CC2C1. The summed E-state index contributed by atoms with van der Waals surface area (Å²) in [6.07, 6.45) is 1.13. The molecule has 3 fully saturated rings. The van der Waals surface area contributed by atoms with Crippen molar-refractivity contribution in [3.05, 3.63) is 36.2 Å². The van der Waals surface area contributed by atoms with Crippen LogP contribution in [-0.2, 0) is 10.9 Å². The van der Waals surface area contributed by atoms with Gasteiger partial charge in [-0.15, -0.1) is 10.2 Å². The van der Waals surface area contributed by atoms with E-state index in [9.17, 15) is 13.2 Å². The maximum absolute atomic E-state index is 13.3. The molecular formula is C23H28F3N5O. The van der Waals surface area contributed by atoms with Gasteiger partial charge in [0.2, 0.25) is 0 Å². The maximum Gasteiger partial charge on any atom is 0.417 e. The summed E-state index contributed by atoms with van der Waals surface area (Å²) in [6, 6.07) is 4.31. The standard InChI is InChI=1S/C23H28F3N5O/c24-23(25,26)20-3-6-27-11-19(20)21-1-2-22(30-29-21)28-18-9-16-13-31(14-17(16)10-18)12-15-4-7-32-8-5-15/h1-3,6,11,15-18H,4-5,7-10,12-14H2,(H,28,30)/i12D2. The lowest BCUT2D eigenvalue weighted by Gasteiger charge is -2.27. The molecule has 0 aromatic carbocycles. The Balaban J connectivity index is 1.19. The van der Waals surface area contributed by atoms with E-state index < -0.39 is 18.2 Å². The van der Waals surface area contributed by atoms with Crippen molar-refractivity contribution >= 4 is 5.82 Å². The summed E-state index contributed by atoms with van der Waals surface area (Å²) in [5, 5.41) is 11.5. The van der Waals surface area contributed by atoms with Crippen molar-refractivity contribution < 1.29 is 20.6 Å². The van der Waals surface area contributed by atoms with Crippen LogP contribution >= 0.6 is 0 Å². The highest BCUT2D eigenvalue weighted by Crippen LogP contribution is 2.40. The first-order valence-corrected chi connectivity index (χ1v) is 11.2. The summed E-state index contributed by atoms with van der Waals surface area (Å²) in [7, 11) is 0. The summed E-state index contributed by atoms with van der Waals surface area (Å²) < 4.78 is 62.6. The lowest BCUT2D eigenvalue weighted by Crippen LogP contribution is -2.32. The molecule has 0 radical (unpaired) electrons. The molecule has 2 saturated heterocycles. The Hall–Kier alpha value is -2.26. The van der Waals surface area contributed by atoms with E-state index in [-0.39, 0.29) is 23.2 Å². The predicted octanol–water partition coefficient (Wildman–Crippen LogP) is 4.11. The molecule has 6 nitrogen and oxygen atoms in total. The summed E-state index contributed by atoms with van der Waals surface area (Å²) in [5.41, 5.74) is -0.755. The average molecular weight is 450 g/mol. The van der Waals surface area contributed by atoms with Gasteiger partial charge < -0.3 is 15.0 Å². The Morgan fingerprint density at radius 3 is 2.50 bits per heavy atom. The molecule has 3 aliphatic rings. The monoisotopic (exact) mass is 449 g/mol. The zero-order valence-electron chi connectivity index (χ0n) is 19.7. The van der Waals surface area contributed by atoms with E-state index in [0.717, 1.165) is 57.2 Å². The molecule has 172 valence electrons. The van der Waals surface area contributed by atoms with Crippen molar-refractivity contribution in [3.8, 4) is 11.3 Å². The van der Waals surface area contributed by atoms with E-state index in [2.05, 4.69) is 20.5 Å². The van der Waals surface area contributed by atoms with E-state index in [4.69, 9.17) is 7.48 Å². The van der Waals surface area contributed by atoms with E-state index in [1.54, 1.807) is 6.07 Å². The minimum absolute atomic E-state index is 0.0143. The molecule has 2 unspecified atom stereocenters. The third kappa shape index (κ3) is 4.73. The van der Waals surface area contributed by atoms with Gasteiger partial charge in [0.1, 0.15) is 5.82 Å². The lowest BCUT2D eigenvalue weighted by molar-refractivity contribution is -0.137. The molecule has 2 aromatic heterocycles. The van der Waals surface area contributed by atoms with Gasteiger partial charge in [0.05, 0.1) is 11.3 Å². The van der Waals surface area contributed by atoms with E-state index in [1.807, 2.05) is 4.90 Å². The topological polar surface area (TPSA) is 63.2 Å². The van der Waals surface area contributed by atoms with Crippen LogP contribution in [0.3, 0.4) is 0 Å². The zero-order valence-corrected chi connectivity index (χ0v) is 17.7. The average Bonchev–Trinajstić information content (AvgIpc) is 3.39. The number of rotatable bonds is 5. The summed E-state index contributed by atoms with van der Waals surface area (Å²) in [5.74, 6) is 1.38. The number of nitrogens with one attached hydrogen (secondary N) is 1. The molecule has 1 N–H and O–H groups in total. The van der Waals surface area contributed by atoms with Gasteiger partial charge in [-0.3, -0.25) is 4.98 Å². The molecule has 2 atom stereocenters. The Morgan fingerprint density at radius 2 is 1.84 bits per heavy atom. The van der Waals surface area contributed by atoms with Gasteiger partial charge in [0, 0.05) is 59.5 Å². The van der Waals surface area contributed by atoms with Crippen molar-refractivity contribution in [3.63, 3.8) is 0 Å². The fraction of sp³-hybridized carbons (Fsp3) is 0.609. The van der Waals surface area contributed by atoms with Crippen molar-refractivity contribution in [1.82, 2.24) is 20.1 Å². The fourth-order valence-electron chi connectivity index (χ4n) is 5.22. The van der Waals surface area contributed by atoms with Gasteiger partial charge in [0.15, 0.2) is 0 Å². The second-order valence-electron chi connectivity index (χ2n) is 8.98. The normalized spacial score (nSPS) is 28.3. The number of halogens is 3. The number of ether oxygens (including phenoxy) is 1. The number of anilines is 1. The molecule has 4 heterocycles. The first-order valence-electron chi connectivity index (χ1n) is 12.2. The number of aromatic nitrogens is 3. The molecular weight excluding hydrogens is 419 g/mol. The second kappa shape index (κ2) is 8.94. The zero-order chi connectivity index (χ0) is 23.9. The Kier molecular flexibility index (Phi) is 5.37. The highest BCUT2D eigenvalue weighted by atomic mass is 19.4. The minimum Gasteiger partial charge on any atom is -0.381 e. The van der Waals surface area contributed by atoms with Crippen LogP contribution < -0.4 is 5.32 Å². The van der Waals surface area contributed by atoms with Gasteiger partial charge in [-0.05, 0) is 61.6 Å². The van der Waals surface area contributed by atoms with Gasteiger partial charge in [-0.1, -0.05) is 0 Å².